The fraction of sp³-hybridized carbons (Fsp3) is 0.125. The van der Waals surface area contributed by atoms with Crippen LogP contribution >= 0.6 is 43.2 Å². The van der Waals surface area contributed by atoms with E-state index in [9.17, 15) is 4.79 Å². The summed E-state index contributed by atoms with van der Waals surface area (Å²) in [5.41, 5.74) is 0.566. The van der Waals surface area contributed by atoms with Gasteiger partial charge in [-0.3, -0.25) is 4.79 Å². The summed E-state index contributed by atoms with van der Waals surface area (Å²) in [7, 11) is 0. The number of ketones is 1. The Morgan fingerprint density at radius 2 is 2.17 bits per heavy atom. The summed E-state index contributed by atoms with van der Waals surface area (Å²) in [6.07, 6.45) is 0. The number of hydrogen-bond acceptors (Lipinski definition) is 2. The van der Waals surface area contributed by atoms with E-state index < -0.39 is 0 Å². The van der Waals surface area contributed by atoms with Crippen molar-refractivity contribution in [2.75, 3.05) is 0 Å². The number of halogens is 2. The first-order valence-electron chi connectivity index (χ1n) is 3.17. The molecule has 0 aliphatic carbocycles. The van der Waals surface area contributed by atoms with Crippen molar-refractivity contribution >= 4 is 49.0 Å². The second-order valence-electron chi connectivity index (χ2n) is 2.34. The molecular formula is C8H6Br2OS. The molecule has 12 heavy (non-hydrogen) atoms. The van der Waals surface area contributed by atoms with E-state index in [1.54, 1.807) is 13.0 Å². The van der Waals surface area contributed by atoms with Crippen LogP contribution in [0.4, 0.5) is 0 Å². The molecule has 0 amide bonds. The van der Waals surface area contributed by atoms with Crippen LogP contribution in [0.15, 0.2) is 26.5 Å². The van der Waals surface area contributed by atoms with Crippen LogP contribution in [0.25, 0.3) is 0 Å². The van der Waals surface area contributed by atoms with Gasteiger partial charge in [0.05, 0.1) is 8.66 Å². The van der Waals surface area contributed by atoms with Crippen LogP contribution in [0.1, 0.15) is 16.6 Å². The van der Waals surface area contributed by atoms with Crippen LogP contribution in [0.5, 0.6) is 0 Å². The molecule has 1 aromatic rings. The third-order valence-electron chi connectivity index (χ3n) is 1.26. The molecule has 0 saturated heterocycles. The normalized spacial score (nSPS) is 9.92. The second-order valence-corrected chi connectivity index (χ2v) is 5.57. The Labute approximate surface area is 91.7 Å². The van der Waals surface area contributed by atoms with Crippen molar-refractivity contribution in [3.63, 3.8) is 0 Å². The van der Waals surface area contributed by atoms with E-state index in [4.69, 9.17) is 0 Å². The van der Waals surface area contributed by atoms with Crippen molar-refractivity contribution in [1.29, 1.82) is 0 Å². The minimum absolute atomic E-state index is 0.00593. The lowest BCUT2D eigenvalue weighted by molar-refractivity contribution is 0.103. The van der Waals surface area contributed by atoms with Gasteiger partial charge in [-0.05, 0) is 50.4 Å². The van der Waals surface area contributed by atoms with E-state index >= 15 is 0 Å². The molecule has 4 heteroatoms. The van der Waals surface area contributed by atoms with Crippen molar-refractivity contribution in [2.24, 2.45) is 0 Å². The molecule has 0 unspecified atom stereocenters. The van der Waals surface area contributed by atoms with E-state index in [1.165, 1.54) is 11.3 Å². The van der Waals surface area contributed by atoms with Gasteiger partial charge in [0.15, 0.2) is 5.78 Å². The Bertz CT molecular complexity index is 321. The molecule has 0 N–H and O–H groups in total. The molecule has 0 aliphatic heterocycles. The van der Waals surface area contributed by atoms with Crippen LogP contribution in [0.2, 0.25) is 0 Å². The van der Waals surface area contributed by atoms with Crippen molar-refractivity contribution in [2.45, 2.75) is 6.92 Å². The summed E-state index contributed by atoms with van der Waals surface area (Å²) < 4.78 is 1.85. The number of carbonyl (C=O) groups excluding carboxylic acids is 1. The summed E-state index contributed by atoms with van der Waals surface area (Å²) in [6, 6.07) is 1.80. The molecule has 1 nitrogen and oxygen atoms in total. The maximum Gasteiger partial charge on any atom is 0.198 e. The van der Waals surface area contributed by atoms with Gasteiger partial charge in [0, 0.05) is 4.47 Å². The average molecular weight is 310 g/mol. The van der Waals surface area contributed by atoms with Gasteiger partial charge in [-0.1, -0.05) is 6.58 Å². The topological polar surface area (TPSA) is 17.1 Å². The molecule has 1 heterocycles. The van der Waals surface area contributed by atoms with E-state index in [0.717, 1.165) is 8.26 Å². The van der Waals surface area contributed by atoms with E-state index in [2.05, 4.69) is 38.4 Å². The maximum atomic E-state index is 11.4. The highest BCUT2D eigenvalue weighted by molar-refractivity contribution is 9.13. The van der Waals surface area contributed by atoms with Gasteiger partial charge in [-0.15, -0.1) is 11.3 Å². The average Bonchev–Trinajstić information content (AvgIpc) is 2.30. The SMILES string of the molecule is C=C(C)C(=O)c1cc(Br)c(Br)s1. The summed E-state index contributed by atoms with van der Waals surface area (Å²) >= 11 is 8.05. The van der Waals surface area contributed by atoms with Crippen LogP contribution < -0.4 is 0 Å². The molecule has 1 aromatic heterocycles. The number of hydrogen-bond donors (Lipinski definition) is 0. The lowest BCUT2D eigenvalue weighted by Gasteiger charge is -1.91. The van der Waals surface area contributed by atoms with Gasteiger partial charge in [-0.2, -0.15) is 0 Å². The Hall–Kier alpha value is 0.0700. The van der Waals surface area contributed by atoms with Gasteiger partial charge in [0.1, 0.15) is 0 Å². The molecule has 0 saturated carbocycles. The fourth-order valence-electron chi connectivity index (χ4n) is 0.669. The highest BCUT2D eigenvalue weighted by Gasteiger charge is 2.11. The summed E-state index contributed by atoms with van der Waals surface area (Å²) in [6.45, 7) is 5.31. The van der Waals surface area contributed by atoms with Gasteiger partial charge in [-0.25, -0.2) is 0 Å². The molecular weight excluding hydrogens is 304 g/mol. The predicted molar refractivity (Wildman–Crippen MR) is 58.9 cm³/mol. The summed E-state index contributed by atoms with van der Waals surface area (Å²) in [5, 5.41) is 0. The molecule has 0 atom stereocenters. The zero-order valence-electron chi connectivity index (χ0n) is 6.36. The molecule has 0 fully saturated rings. The van der Waals surface area contributed by atoms with Gasteiger partial charge >= 0.3 is 0 Å². The van der Waals surface area contributed by atoms with E-state index in [0.29, 0.717) is 10.5 Å². The maximum absolute atomic E-state index is 11.4. The van der Waals surface area contributed by atoms with Crippen LogP contribution in [-0.4, -0.2) is 5.78 Å². The van der Waals surface area contributed by atoms with Gasteiger partial charge in [0.25, 0.3) is 0 Å². The van der Waals surface area contributed by atoms with Crippen molar-refractivity contribution in [3.05, 3.63) is 31.4 Å². The van der Waals surface area contributed by atoms with E-state index in [-0.39, 0.29) is 5.78 Å². The smallest absolute Gasteiger partial charge is 0.198 e. The van der Waals surface area contributed by atoms with Gasteiger partial charge < -0.3 is 0 Å². The Kier molecular flexibility index (Phi) is 3.26. The number of Topliss-reactive ketones (excluding diaryl/α,β-unsaturated/α-hetero) is 1. The molecule has 0 aliphatic rings. The Morgan fingerprint density at radius 1 is 1.58 bits per heavy atom. The molecule has 0 spiro atoms. The number of thiophene rings is 1. The highest BCUT2D eigenvalue weighted by Crippen LogP contribution is 2.33. The van der Waals surface area contributed by atoms with Crippen molar-refractivity contribution in [1.82, 2.24) is 0 Å². The number of rotatable bonds is 2. The quantitative estimate of drug-likeness (QED) is 0.595. The monoisotopic (exact) mass is 308 g/mol. The minimum atomic E-state index is 0.00593. The van der Waals surface area contributed by atoms with Crippen LogP contribution in [0, 0.1) is 0 Å². The first-order valence-corrected chi connectivity index (χ1v) is 5.57. The predicted octanol–water partition coefficient (Wildman–Crippen LogP) is 4.03. The molecule has 0 bridgehead atoms. The Morgan fingerprint density at radius 3 is 2.50 bits per heavy atom. The molecule has 0 aromatic carbocycles. The van der Waals surface area contributed by atoms with Crippen LogP contribution in [-0.2, 0) is 0 Å². The van der Waals surface area contributed by atoms with Crippen molar-refractivity contribution in [3.8, 4) is 0 Å². The third-order valence-corrected chi connectivity index (χ3v) is 4.51. The lowest BCUT2D eigenvalue weighted by atomic mass is 10.2. The third kappa shape index (κ3) is 2.06. The Balaban J connectivity index is 3.05. The number of carbonyl (C=O) groups is 1. The minimum Gasteiger partial charge on any atom is -0.288 e. The zero-order chi connectivity index (χ0) is 9.30. The number of allylic oxidation sites excluding steroid dienone is 1. The lowest BCUT2D eigenvalue weighted by Crippen LogP contribution is -1.94. The second kappa shape index (κ2) is 3.85. The zero-order valence-corrected chi connectivity index (χ0v) is 10.3. The van der Waals surface area contributed by atoms with Crippen LogP contribution in [0.3, 0.4) is 0 Å². The molecule has 64 valence electrons. The largest absolute Gasteiger partial charge is 0.288 e. The van der Waals surface area contributed by atoms with Gasteiger partial charge in [0.2, 0.25) is 0 Å². The molecule has 1 rings (SSSR count). The first-order chi connectivity index (χ1) is 5.52. The first kappa shape index (κ1) is 10.2. The van der Waals surface area contributed by atoms with Crippen molar-refractivity contribution < 1.29 is 4.79 Å². The highest BCUT2D eigenvalue weighted by atomic mass is 79.9. The molecule has 0 radical (unpaired) electrons. The standard InChI is InChI=1S/C8H6Br2OS/c1-4(2)7(11)6-3-5(9)8(10)12-6/h3H,1H2,2H3. The fourth-order valence-corrected chi connectivity index (χ4v) is 2.72. The summed E-state index contributed by atoms with van der Waals surface area (Å²) in [5.74, 6) is 0.00593. The summed E-state index contributed by atoms with van der Waals surface area (Å²) in [4.78, 5) is 12.1. The van der Waals surface area contributed by atoms with E-state index in [1.807, 2.05) is 0 Å².